The molecule has 2 aromatic rings. The molecule has 2 rings (SSSR count). The van der Waals surface area contributed by atoms with E-state index in [1.165, 1.54) is 5.56 Å². The summed E-state index contributed by atoms with van der Waals surface area (Å²) in [7, 11) is 0. The van der Waals surface area contributed by atoms with E-state index < -0.39 is 0 Å². The zero-order valence-corrected chi connectivity index (χ0v) is 9.79. The van der Waals surface area contributed by atoms with E-state index in [4.69, 9.17) is 5.26 Å². The van der Waals surface area contributed by atoms with Gasteiger partial charge >= 0.3 is 0 Å². The van der Waals surface area contributed by atoms with Crippen LogP contribution in [0.5, 0.6) is 0 Å². The van der Waals surface area contributed by atoms with Crippen molar-refractivity contribution in [3.05, 3.63) is 57.8 Å². The molecule has 1 heterocycles. The fourth-order valence-corrected chi connectivity index (χ4v) is 2.08. The van der Waals surface area contributed by atoms with Gasteiger partial charge in [0.2, 0.25) is 0 Å². The lowest BCUT2D eigenvalue weighted by atomic mass is 10.1. The first-order valence-corrected chi connectivity index (χ1v) is 5.95. The van der Waals surface area contributed by atoms with Crippen molar-refractivity contribution in [3.63, 3.8) is 0 Å². The first-order chi connectivity index (χ1) is 7.79. The Bertz CT molecular complexity index is 527. The summed E-state index contributed by atoms with van der Waals surface area (Å²) < 4.78 is 0. The first-order valence-electron chi connectivity index (χ1n) is 5.00. The van der Waals surface area contributed by atoms with Crippen LogP contribution in [0.2, 0.25) is 0 Å². The maximum absolute atomic E-state index is 9.10. The molecule has 0 spiro atoms. The predicted octanol–water partition coefficient (Wildman–Crippen LogP) is 4.12. The lowest BCUT2D eigenvalue weighted by Gasteiger charge is -1.97. The normalized spacial score (nSPS) is 11.1. The molecular weight excluding hydrogens is 214 g/mol. The van der Waals surface area contributed by atoms with E-state index in [1.54, 1.807) is 11.3 Å². The lowest BCUT2D eigenvalue weighted by Crippen LogP contribution is -1.79. The van der Waals surface area contributed by atoms with Crippen molar-refractivity contribution in [1.82, 2.24) is 0 Å². The van der Waals surface area contributed by atoms with Crippen LogP contribution in [0.3, 0.4) is 0 Å². The summed E-state index contributed by atoms with van der Waals surface area (Å²) in [4.78, 5) is 0. The minimum atomic E-state index is 0.713. The topological polar surface area (TPSA) is 23.8 Å². The average Bonchev–Trinajstić information content (AvgIpc) is 2.82. The molecule has 0 atom stereocenters. The third kappa shape index (κ3) is 2.39. The van der Waals surface area contributed by atoms with Gasteiger partial charge < -0.3 is 0 Å². The standard InChI is InChI=1S/C14H11NS/c1-11-2-4-12(5-3-11)8-14(9-15)13-6-7-16-10-13/h2-8,10H,1H3/b14-8+. The fourth-order valence-electron chi connectivity index (χ4n) is 1.43. The quantitative estimate of drug-likeness (QED) is 0.705. The minimum Gasteiger partial charge on any atom is -0.192 e. The molecule has 0 radical (unpaired) electrons. The molecule has 1 nitrogen and oxygen atoms in total. The van der Waals surface area contributed by atoms with Crippen LogP contribution < -0.4 is 0 Å². The van der Waals surface area contributed by atoms with Crippen LogP contribution in [0, 0.1) is 18.3 Å². The second-order valence-electron chi connectivity index (χ2n) is 3.59. The van der Waals surface area contributed by atoms with Gasteiger partial charge in [-0.05, 0) is 35.4 Å². The summed E-state index contributed by atoms with van der Waals surface area (Å²) in [5, 5.41) is 13.1. The predicted molar refractivity (Wildman–Crippen MR) is 69.0 cm³/mol. The van der Waals surface area contributed by atoms with E-state index >= 15 is 0 Å². The number of allylic oxidation sites excluding steroid dienone is 1. The number of benzene rings is 1. The van der Waals surface area contributed by atoms with E-state index in [0.717, 1.165) is 11.1 Å². The Morgan fingerprint density at radius 1 is 1.25 bits per heavy atom. The monoisotopic (exact) mass is 225 g/mol. The van der Waals surface area contributed by atoms with E-state index in [1.807, 2.05) is 35.0 Å². The minimum absolute atomic E-state index is 0.713. The second-order valence-corrected chi connectivity index (χ2v) is 4.37. The number of nitrogens with zero attached hydrogens (tertiary/aromatic N) is 1. The Labute approximate surface area is 99.3 Å². The van der Waals surface area contributed by atoms with Crippen molar-refractivity contribution < 1.29 is 0 Å². The molecule has 0 aliphatic heterocycles. The molecule has 1 aromatic heterocycles. The number of nitriles is 1. The van der Waals surface area contributed by atoms with E-state index in [9.17, 15) is 0 Å². The molecule has 0 saturated carbocycles. The summed E-state index contributed by atoms with van der Waals surface area (Å²) in [6.07, 6.45) is 1.92. The van der Waals surface area contributed by atoms with Gasteiger partial charge in [-0.15, -0.1) is 0 Å². The Morgan fingerprint density at radius 2 is 2.00 bits per heavy atom. The Morgan fingerprint density at radius 3 is 2.56 bits per heavy atom. The largest absolute Gasteiger partial charge is 0.192 e. The van der Waals surface area contributed by atoms with Crippen molar-refractivity contribution in [2.45, 2.75) is 6.92 Å². The molecule has 0 unspecified atom stereocenters. The molecular formula is C14H11NS. The first kappa shape index (κ1) is 10.7. The molecule has 0 aliphatic carbocycles. The van der Waals surface area contributed by atoms with Crippen LogP contribution in [0.25, 0.3) is 11.6 Å². The van der Waals surface area contributed by atoms with Crippen LogP contribution in [0.15, 0.2) is 41.1 Å². The zero-order valence-electron chi connectivity index (χ0n) is 8.97. The number of aryl methyl sites for hydroxylation is 1. The van der Waals surface area contributed by atoms with Crippen molar-refractivity contribution in [3.8, 4) is 6.07 Å². The Hall–Kier alpha value is -1.85. The summed E-state index contributed by atoms with van der Waals surface area (Å²) in [5.74, 6) is 0. The molecule has 0 saturated heterocycles. The molecule has 0 bridgehead atoms. The highest BCUT2D eigenvalue weighted by Crippen LogP contribution is 2.20. The van der Waals surface area contributed by atoms with Gasteiger partial charge in [0, 0.05) is 5.56 Å². The highest BCUT2D eigenvalue weighted by atomic mass is 32.1. The Balaban J connectivity index is 2.36. The van der Waals surface area contributed by atoms with Gasteiger partial charge in [0.25, 0.3) is 0 Å². The maximum Gasteiger partial charge on any atom is 0.0998 e. The fraction of sp³-hybridized carbons (Fsp3) is 0.0714. The van der Waals surface area contributed by atoms with Crippen LogP contribution in [0.1, 0.15) is 16.7 Å². The second kappa shape index (κ2) is 4.78. The number of hydrogen-bond acceptors (Lipinski definition) is 2. The molecule has 16 heavy (non-hydrogen) atoms. The zero-order chi connectivity index (χ0) is 11.4. The lowest BCUT2D eigenvalue weighted by molar-refractivity contribution is 1.46. The van der Waals surface area contributed by atoms with Crippen molar-refractivity contribution in [2.75, 3.05) is 0 Å². The van der Waals surface area contributed by atoms with Gasteiger partial charge in [-0.25, -0.2) is 0 Å². The van der Waals surface area contributed by atoms with Crippen LogP contribution in [-0.4, -0.2) is 0 Å². The maximum atomic E-state index is 9.10. The van der Waals surface area contributed by atoms with Crippen LogP contribution in [-0.2, 0) is 0 Å². The Kier molecular flexibility index (Phi) is 3.19. The van der Waals surface area contributed by atoms with E-state index in [0.29, 0.717) is 5.57 Å². The van der Waals surface area contributed by atoms with E-state index in [-0.39, 0.29) is 0 Å². The number of thiophene rings is 1. The molecule has 0 aliphatic rings. The smallest absolute Gasteiger partial charge is 0.0998 e. The van der Waals surface area contributed by atoms with Gasteiger partial charge in [0.15, 0.2) is 0 Å². The summed E-state index contributed by atoms with van der Waals surface area (Å²) in [6.45, 7) is 2.05. The van der Waals surface area contributed by atoms with Gasteiger partial charge in [-0.1, -0.05) is 29.8 Å². The molecule has 1 aromatic carbocycles. The van der Waals surface area contributed by atoms with Gasteiger partial charge in [0.1, 0.15) is 0 Å². The summed E-state index contributed by atoms with van der Waals surface area (Å²) in [5.41, 5.74) is 4.00. The third-order valence-electron chi connectivity index (χ3n) is 2.34. The highest BCUT2D eigenvalue weighted by molar-refractivity contribution is 7.08. The van der Waals surface area contributed by atoms with Gasteiger partial charge in [-0.2, -0.15) is 16.6 Å². The molecule has 0 N–H and O–H groups in total. The van der Waals surface area contributed by atoms with Crippen molar-refractivity contribution in [2.24, 2.45) is 0 Å². The van der Waals surface area contributed by atoms with Gasteiger partial charge in [0.05, 0.1) is 11.6 Å². The van der Waals surface area contributed by atoms with Crippen molar-refractivity contribution >= 4 is 23.0 Å². The van der Waals surface area contributed by atoms with Crippen LogP contribution in [0.4, 0.5) is 0 Å². The number of rotatable bonds is 2. The van der Waals surface area contributed by atoms with Gasteiger partial charge in [-0.3, -0.25) is 0 Å². The van der Waals surface area contributed by atoms with Crippen molar-refractivity contribution in [1.29, 1.82) is 5.26 Å². The molecule has 2 heteroatoms. The van der Waals surface area contributed by atoms with Crippen LogP contribution >= 0.6 is 11.3 Å². The summed E-state index contributed by atoms with van der Waals surface area (Å²) >= 11 is 1.60. The SMILES string of the molecule is Cc1ccc(/C=C(\C#N)c2ccsc2)cc1. The molecule has 0 fully saturated rings. The molecule has 78 valence electrons. The summed E-state index contributed by atoms with van der Waals surface area (Å²) in [6, 6.07) is 12.4. The van der Waals surface area contributed by atoms with E-state index in [2.05, 4.69) is 25.1 Å². The average molecular weight is 225 g/mol. The third-order valence-corrected chi connectivity index (χ3v) is 3.02. The molecule has 0 amide bonds. The number of hydrogen-bond donors (Lipinski definition) is 0. The highest BCUT2D eigenvalue weighted by Gasteiger charge is 2.00.